The summed E-state index contributed by atoms with van der Waals surface area (Å²) in [6.45, 7) is 0.103. The smallest absolute Gasteiger partial charge is 0.337 e. The molecule has 0 aliphatic carbocycles. The van der Waals surface area contributed by atoms with Gasteiger partial charge in [0.1, 0.15) is 6.29 Å². The second-order valence-electron chi connectivity index (χ2n) is 4.68. The van der Waals surface area contributed by atoms with Crippen molar-refractivity contribution in [1.82, 2.24) is 9.88 Å². The predicted octanol–water partition coefficient (Wildman–Crippen LogP) is 2.01. The Bertz CT molecular complexity index is 703. The summed E-state index contributed by atoms with van der Waals surface area (Å²) in [5, 5.41) is 11.7. The number of carbonyl (C=O) groups is 3. The standard InChI is InChI=1S/C16H15N3O4/c20-10-9-19(11-12-5-7-17-8-6-12)16(23)18-14-4-2-1-3-13(14)15(21)22/h1-8,10H,9,11H2,(H,18,23)(H,21,22). The second-order valence-corrected chi connectivity index (χ2v) is 4.68. The first-order chi connectivity index (χ1) is 11.1. The summed E-state index contributed by atoms with van der Waals surface area (Å²) in [4.78, 5) is 39.5. The lowest BCUT2D eigenvalue weighted by molar-refractivity contribution is -0.108. The van der Waals surface area contributed by atoms with Gasteiger partial charge in [-0.05, 0) is 29.8 Å². The molecule has 0 atom stereocenters. The zero-order valence-corrected chi connectivity index (χ0v) is 12.2. The molecule has 2 amide bonds. The quantitative estimate of drug-likeness (QED) is 0.795. The molecule has 0 fully saturated rings. The number of carboxylic acid groups (broad SMARTS) is 1. The van der Waals surface area contributed by atoms with Gasteiger partial charge in [0.15, 0.2) is 0 Å². The molecule has 1 aromatic heterocycles. The van der Waals surface area contributed by atoms with Gasteiger partial charge >= 0.3 is 12.0 Å². The fourth-order valence-electron chi connectivity index (χ4n) is 1.99. The van der Waals surface area contributed by atoms with Gasteiger partial charge in [-0.3, -0.25) is 4.98 Å². The van der Waals surface area contributed by atoms with Crippen LogP contribution in [0.2, 0.25) is 0 Å². The molecule has 1 heterocycles. The molecule has 7 heteroatoms. The number of rotatable bonds is 6. The highest BCUT2D eigenvalue weighted by Gasteiger charge is 2.17. The topological polar surface area (TPSA) is 99.6 Å². The number of aldehydes is 1. The predicted molar refractivity (Wildman–Crippen MR) is 83.1 cm³/mol. The SMILES string of the molecule is O=CCN(Cc1ccncc1)C(=O)Nc1ccccc1C(=O)O. The lowest BCUT2D eigenvalue weighted by Gasteiger charge is -2.21. The van der Waals surface area contributed by atoms with E-state index in [-0.39, 0.29) is 24.3 Å². The molecule has 0 spiro atoms. The summed E-state index contributed by atoms with van der Waals surface area (Å²) in [5.41, 5.74) is 0.968. The number of carboxylic acids is 1. The molecule has 0 radical (unpaired) electrons. The van der Waals surface area contributed by atoms with E-state index in [1.165, 1.54) is 17.0 Å². The number of aromatic carboxylic acids is 1. The van der Waals surface area contributed by atoms with Crippen LogP contribution in [-0.4, -0.2) is 39.8 Å². The average molecular weight is 313 g/mol. The summed E-state index contributed by atoms with van der Waals surface area (Å²) < 4.78 is 0. The molecule has 0 unspecified atom stereocenters. The summed E-state index contributed by atoms with van der Waals surface area (Å²) in [5.74, 6) is -1.14. The molecule has 0 saturated carbocycles. The molecule has 118 valence electrons. The molecule has 0 saturated heterocycles. The number of hydrogen-bond donors (Lipinski definition) is 2. The molecule has 7 nitrogen and oxygen atoms in total. The van der Waals surface area contributed by atoms with Gasteiger partial charge in [-0.2, -0.15) is 0 Å². The van der Waals surface area contributed by atoms with Gasteiger partial charge in [-0.15, -0.1) is 0 Å². The number of carbonyl (C=O) groups excluding carboxylic acids is 2. The van der Waals surface area contributed by atoms with Gasteiger partial charge in [0, 0.05) is 18.9 Å². The maximum absolute atomic E-state index is 12.3. The van der Waals surface area contributed by atoms with E-state index in [1.807, 2.05) is 0 Å². The third kappa shape index (κ3) is 4.37. The number of para-hydroxylation sites is 1. The van der Waals surface area contributed by atoms with Crippen LogP contribution in [0.25, 0.3) is 0 Å². The molecule has 23 heavy (non-hydrogen) atoms. The van der Waals surface area contributed by atoms with Crippen molar-refractivity contribution in [2.75, 3.05) is 11.9 Å². The molecule has 2 N–H and O–H groups in total. The number of hydrogen-bond acceptors (Lipinski definition) is 4. The van der Waals surface area contributed by atoms with E-state index >= 15 is 0 Å². The number of urea groups is 1. The Morgan fingerprint density at radius 1 is 1.17 bits per heavy atom. The van der Waals surface area contributed by atoms with Crippen molar-refractivity contribution < 1.29 is 19.5 Å². The van der Waals surface area contributed by atoms with Crippen molar-refractivity contribution in [2.45, 2.75) is 6.54 Å². The number of amides is 2. The average Bonchev–Trinajstić information content (AvgIpc) is 2.55. The molecule has 0 aliphatic heterocycles. The van der Waals surface area contributed by atoms with E-state index in [2.05, 4.69) is 10.3 Å². The van der Waals surface area contributed by atoms with Gasteiger partial charge in [0.05, 0.1) is 17.8 Å². The number of anilines is 1. The van der Waals surface area contributed by atoms with Crippen molar-refractivity contribution in [3.05, 3.63) is 59.9 Å². The Morgan fingerprint density at radius 2 is 1.87 bits per heavy atom. The van der Waals surface area contributed by atoms with Gasteiger partial charge in [-0.25, -0.2) is 9.59 Å². The van der Waals surface area contributed by atoms with Gasteiger partial charge in [0.25, 0.3) is 0 Å². The zero-order valence-electron chi connectivity index (χ0n) is 12.2. The van der Waals surface area contributed by atoms with Crippen LogP contribution in [0, 0.1) is 0 Å². The molecule has 2 rings (SSSR count). The highest BCUT2D eigenvalue weighted by atomic mass is 16.4. The number of nitrogens with one attached hydrogen (secondary N) is 1. The summed E-state index contributed by atoms with van der Waals surface area (Å²) in [6.07, 6.45) is 3.79. The van der Waals surface area contributed by atoms with Crippen LogP contribution in [0.3, 0.4) is 0 Å². The van der Waals surface area contributed by atoms with E-state index < -0.39 is 12.0 Å². The largest absolute Gasteiger partial charge is 0.478 e. The minimum Gasteiger partial charge on any atom is -0.478 e. The number of benzene rings is 1. The normalized spacial score (nSPS) is 9.91. The summed E-state index contributed by atoms with van der Waals surface area (Å²) >= 11 is 0. The van der Waals surface area contributed by atoms with Crippen molar-refractivity contribution in [2.24, 2.45) is 0 Å². The fraction of sp³-hybridized carbons (Fsp3) is 0.125. The van der Waals surface area contributed by atoms with Crippen LogP contribution >= 0.6 is 0 Å². The zero-order chi connectivity index (χ0) is 16.7. The Hall–Kier alpha value is -3.22. The van der Waals surface area contributed by atoms with E-state index in [1.54, 1.807) is 36.7 Å². The van der Waals surface area contributed by atoms with Crippen LogP contribution in [0.1, 0.15) is 15.9 Å². The first-order valence-corrected chi connectivity index (χ1v) is 6.82. The van der Waals surface area contributed by atoms with E-state index in [0.717, 1.165) is 5.56 Å². The molecule has 0 bridgehead atoms. The van der Waals surface area contributed by atoms with Gasteiger partial charge < -0.3 is 20.1 Å². The van der Waals surface area contributed by atoms with E-state index in [9.17, 15) is 14.4 Å². The van der Waals surface area contributed by atoms with Crippen molar-refractivity contribution in [1.29, 1.82) is 0 Å². The molecule has 1 aromatic carbocycles. The number of nitrogens with zero attached hydrogens (tertiary/aromatic N) is 2. The first-order valence-electron chi connectivity index (χ1n) is 6.82. The molecular weight excluding hydrogens is 298 g/mol. The molecular formula is C16H15N3O4. The first kappa shape index (κ1) is 16.2. The minimum absolute atomic E-state index is 0.0178. The van der Waals surface area contributed by atoms with E-state index in [4.69, 9.17) is 5.11 Å². The van der Waals surface area contributed by atoms with Crippen LogP contribution < -0.4 is 5.32 Å². The minimum atomic E-state index is -1.14. The van der Waals surface area contributed by atoms with Gasteiger partial charge in [-0.1, -0.05) is 12.1 Å². The fourth-order valence-corrected chi connectivity index (χ4v) is 1.99. The maximum atomic E-state index is 12.3. The Morgan fingerprint density at radius 3 is 2.52 bits per heavy atom. The summed E-state index contributed by atoms with van der Waals surface area (Å²) in [6, 6.07) is 8.99. The Labute approximate surface area is 132 Å². The molecule has 0 aliphatic rings. The number of aromatic nitrogens is 1. The highest BCUT2D eigenvalue weighted by Crippen LogP contribution is 2.16. The van der Waals surface area contributed by atoms with Crippen LogP contribution in [0.15, 0.2) is 48.8 Å². The van der Waals surface area contributed by atoms with Gasteiger partial charge in [0.2, 0.25) is 0 Å². The van der Waals surface area contributed by atoms with Crippen LogP contribution in [-0.2, 0) is 11.3 Å². The second kappa shape index (κ2) is 7.69. The Kier molecular flexibility index (Phi) is 5.40. The Balaban J connectivity index is 2.15. The molecule has 2 aromatic rings. The van der Waals surface area contributed by atoms with Crippen LogP contribution in [0.4, 0.5) is 10.5 Å². The van der Waals surface area contributed by atoms with Crippen molar-refractivity contribution in [3.63, 3.8) is 0 Å². The monoisotopic (exact) mass is 313 g/mol. The highest BCUT2D eigenvalue weighted by molar-refractivity contribution is 6.00. The summed E-state index contributed by atoms with van der Waals surface area (Å²) in [7, 11) is 0. The third-order valence-corrected chi connectivity index (χ3v) is 3.10. The maximum Gasteiger partial charge on any atom is 0.337 e. The third-order valence-electron chi connectivity index (χ3n) is 3.10. The number of pyridine rings is 1. The van der Waals surface area contributed by atoms with E-state index in [0.29, 0.717) is 6.29 Å². The van der Waals surface area contributed by atoms with Crippen LogP contribution in [0.5, 0.6) is 0 Å². The van der Waals surface area contributed by atoms with Crippen molar-refractivity contribution in [3.8, 4) is 0 Å². The lowest BCUT2D eigenvalue weighted by Crippen LogP contribution is -2.36. The van der Waals surface area contributed by atoms with Crippen molar-refractivity contribution >= 4 is 24.0 Å². The lowest BCUT2D eigenvalue weighted by atomic mass is 10.2.